The molecule has 1 fully saturated rings. The van der Waals surface area contributed by atoms with E-state index in [9.17, 15) is 4.79 Å². The lowest BCUT2D eigenvalue weighted by molar-refractivity contribution is -0.116. The predicted octanol–water partition coefficient (Wildman–Crippen LogP) is 5.11. The van der Waals surface area contributed by atoms with E-state index in [-0.39, 0.29) is 5.91 Å². The highest BCUT2D eigenvalue weighted by Crippen LogP contribution is 2.25. The third-order valence-corrected chi connectivity index (χ3v) is 5.82. The number of piperidine rings is 1. The number of pyridine rings is 1. The van der Waals surface area contributed by atoms with Gasteiger partial charge in [0.1, 0.15) is 5.82 Å². The van der Waals surface area contributed by atoms with Gasteiger partial charge >= 0.3 is 0 Å². The van der Waals surface area contributed by atoms with Crippen LogP contribution in [0.3, 0.4) is 0 Å². The van der Waals surface area contributed by atoms with E-state index >= 15 is 0 Å². The number of hydrogen-bond donors (Lipinski definition) is 1. The molecule has 1 aromatic heterocycles. The van der Waals surface area contributed by atoms with Gasteiger partial charge in [-0.25, -0.2) is 4.98 Å². The summed E-state index contributed by atoms with van der Waals surface area (Å²) in [5, 5.41) is 2.96. The van der Waals surface area contributed by atoms with E-state index in [0.29, 0.717) is 6.42 Å². The molecule has 0 radical (unpaired) electrons. The predicted molar refractivity (Wildman–Crippen MR) is 123 cm³/mol. The zero-order chi connectivity index (χ0) is 20.6. The van der Waals surface area contributed by atoms with Crippen LogP contribution in [0.1, 0.15) is 30.4 Å². The van der Waals surface area contributed by atoms with E-state index in [1.54, 1.807) is 6.20 Å². The summed E-state index contributed by atoms with van der Waals surface area (Å²) in [6.07, 6.45) is 6.53. The summed E-state index contributed by atoms with van der Waals surface area (Å²) < 4.78 is 0. The lowest BCUT2D eigenvalue weighted by atomic mass is 9.90. The van der Waals surface area contributed by atoms with Gasteiger partial charge in [0.25, 0.3) is 0 Å². The Bertz CT molecular complexity index is 918. The van der Waals surface area contributed by atoms with Crippen LogP contribution >= 0.6 is 0 Å². The molecule has 0 aliphatic carbocycles. The van der Waals surface area contributed by atoms with Crippen LogP contribution < -0.4 is 10.2 Å². The van der Waals surface area contributed by atoms with Gasteiger partial charge in [0.05, 0.1) is 11.9 Å². The molecular formula is C26H29N3O. The third-order valence-electron chi connectivity index (χ3n) is 5.82. The molecule has 4 rings (SSSR count). The summed E-state index contributed by atoms with van der Waals surface area (Å²) in [7, 11) is 0. The van der Waals surface area contributed by atoms with Gasteiger partial charge in [-0.15, -0.1) is 0 Å². The molecule has 0 spiro atoms. The molecule has 0 unspecified atom stereocenters. The minimum Gasteiger partial charge on any atom is -0.357 e. The number of anilines is 2. The van der Waals surface area contributed by atoms with Gasteiger partial charge in [-0.3, -0.25) is 4.79 Å². The summed E-state index contributed by atoms with van der Waals surface area (Å²) in [4.78, 5) is 19.2. The zero-order valence-electron chi connectivity index (χ0n) is 17.3. The van der Waals surface area contributed by atoms with E-state index < -0.39 is 0 Å². The molecule has 0 atom stereocenters. The maximum Gasteiger partial charge on any atom is 0.224 e. The van der Waals surface area contributed by atoms with Gasteiger partial charge in [-0.1, -0.05) is 60.7 Å². The number of carbonyl (C=O) groups excluding carboxylic acids is 1. The highest BCUT2D eigenvalue weighted by atomic mass is 16.1. The average Bonchev–Trinajstić information content (AvgIpc) is 2.80. The first-order chi connectivity index (χ1) is 14.8. The smallest absolute Gasteiger partial charge is 0.224 e. The summed E-state index contributed by atoms with van der Waals surface area (Å²) in [6, 6.07) is 24.8. The summed E-state index contributed by atoms with van der Waals surface area (Å²) in [6.45, 7) is 2.07. The van der Waals surface area contributed by atoms with Crippen molar-refractivity contribution < 1.29 is 4.79 Å². The number of rotatable bonds is 7. The van der Waals surface area contributed by atoms with Gasteiger partial charge in [0.2, 0.25) is 5.91 Å². The van der Waals surface area contributed by atoms with E-state index in [1.807, 2.05) is 42.5 Å². The number of hydrogen-bond acceptors (Lipinski definition) is 3. The summed E-state index contributed by atoms with van der Waals surface area (Å²) in [5.74, 6) is 1.76. The molecule has 4 heteroatoms. The second kappa shape index (κ2) is 10.1. The number of nitrogens with one attached hydrogen (secondary N) is 1. The van der Waals surface area contributed by atoms with Crippen LogP contribution in [0.5, 0.6) is 0 Å². The molecule has 2 heterocycles. The number of amides is 1. The minimum atomic E-state index is 0.0233. The van der Waals surface area contributed by atoms with Gasteiger partial charge < -0.3 is 10.2 Å². The van der Waals surface area contributed by atoms with Crippen LogP contribution in [0.15, 0.2) is 79.0 Å². The van der Waals surface area contributed by atoms with E-state index in [1.165, 1.54) is 24.0 Å². The normalized spacial score (nSPS) is 14.5. The Morgan fingerprint density at radius 1 is 0.900 bits per heavy atom. The Labute approximate surface area is 179 Å². The maximum absolute atomic E-state index is 12.2. The number of aromatic nitrogens is 1. The van der Waals surface area contributed by atoms with Crippen LogP contribution in [0.25, 0.3) is 0 Å². The first-order valence-electron chi connectivity index (χ1n) is 10.8. The van der Waals surface area contributed by atoms with Gasteiger partial charge in [-0.05, 0) is 54.9 Å². The third kappa shape index (κ3) is 5.69. The molecule has 30 heavy (non-hydrogen) atoms. The van der Waals surface area contributed by atoms with Crippen LogP contribution in [0, 0.1) is 5.92 Å². The molecule has 1 N–H and O–H groups in total. The van der Waals surface area contributed by atoms with Crippen LogP contribution in [-0.2, 0) is 17.6 Å². The van der Waals surface area contributed by atoms with Crippen molar-refractivity contribution in [1.82, 2.24) is 4.98 Å². The minimum absolute atomic E-state index is 0.0233. The lowest BCUT2D eigenvalue weighted by Gasteiger charge is -2.33. The Balaban J connectivity index is 1.23. The van der Waals surface area contributed by atoms with E-state index in [4.69, 9.17) is 0 Å². The molecule has 1 aliphatic rings. The molecule has 1 aliphatic heterocycles. The zero-order valence-corrected chi connectivity index (χ0v) is 17.3. The van der Waals surface area contributed by atoms with Crippen molar-refractivity contribution in [3.05, 3.63) is 90.1 Å². The Kier molecular flexibility index (Phi) is 6.75. The van der Waals surface area contributed by atoms with Crippen molar-refractivity contribution >= 4 is 17.4 Å². The fraction of sp³-hybridized carbons (Fsp3) is 0.308. The fourth-order valence-corrected chi connectivity index (χ4v) is 4.09. The Morgan fingerprint density at radius 2 is 1.57 bits per heavy atom. The quantitative estimate of drug-likeness (QED) is 0.600. The first-order valence-corrected chi connectivity index (χ1v) is 10.8. The standard InChI is InChI=1S/C26H29N3O/c30-26(14-11-21-7-3-1-4-8-21)28-24-12-13-25(27-20-24)29-17-15-23(16-18-29)19-22-9-5-2-6-10-22/h1-10,12-13,20,23H,11,14-19H2,(H,28,30). The van der Waals surface area contributed by atoms with Crippen LogP contribution in [0.4, 0.5) is 11.5 Å². The number of carbonyl (C=O) groups is 1. The Morgan fingerprint density at radius 3 is 2.20 bits per heavy atom. The molecular weight excluding hydrogens is 370 g/mol. The summed E-state index contributed by atoms with van der Waals surface area (Å²) >= 11 is 0. The van der Waals surface area contributed by atoms with Gasteiger partial charge in [0, 0.05) is 19.5 Å². The highest BCUT2D eigenvalue weighted by Gasteiger charge is 2.20. The molecule has 4 nitrogen and oxygen atoms in total. The number of benzene rings is 2. The van der Waals surface area contributed by atoms with Crippen LogP contribution in [0.2, 0.25) is 0 Å². The second-order valence-corrected chi connectivity index (χ2v) is 8.06. The topological polar surface area (TPSA) is 45.2 Å². The van der Waals surface area contributed by atoms with Crippen molar-refractivity contribution in [2.45, 2.75) is 32.1 Å². The average molecular weight is 400 g/mol. The van der Waals surface area contributed by atoms with Crippen molar-refractivity contribution in [2.75, 3.05) is 23.3 Å². The monoisotopic (exact) mass is 399 g/mol. The number of aryl methyl sites for hydroxylation is 1. The largest absolute Gasteiger partial charge is 0.357 e. The lowest BCUT2D eigenvalue weighted by Crippen LogP contribution is -2.34. The van der Waals surface area contributed by atoms with Gasteiger partial charge in [-0.2, -0.15) is 0 Å². The van der Waals surface area contributed by atoms with Crippen molar-refractivity contribution in [2.24, 2.45) is 5.92 Å². The first kappa shape index (κ1) is 20.1. The maximum atomic E-state index is 12.2. The molecule has 0 bridgehead atoms. The summed E-state index contributed by atoms with van der Waals surface area (Å²) in [5.41, 5.74) is 3.37. The second-order valence-electron chi connectivity index (χ2n) is 8.06. The van der Waals surface area contributed by atoms with Crippen molar-refractivity contribution in [3.8, 4) is 0 Å². The SMILES string of the molecule is O=C(CCc1ccccc1)Nc1ccc(N2CCC(Cc3ccccc3)CC2)nc1. The molecule has 0 saturated carbocycles. The van der Waals surface area contributed by atoms with Crippen LogP contribution in [-0.4, -0.2) is 24.0 Å². The Hall–Kier alpha value is -3.14. The van der Waals surface area contributed by atoms with E-state index in [2.05, 4.69) is 45.5 Å². The molecule has 3 aromatic rings. The fourth-order valence-electron chi connectivity index (χ4n) is 4.09. The highest BCUT2D eigenvalue weighted by molar-refractivity contribution is 5.90. The van der Waals surface area contributed by atoms with Gasteiger partial charge in [0.15, 0.2) is 0 Å². The molecule has 1 amide bonds. The number of nitrogens with zero attached hydrogens (tertiary/aromatic N) is 2. The van der Waals surface area contributed by atoms with E-state index in [0.717, 1.165) is 43.4 Å². The van der Waals surface area contributed by atoms with Crippen molar-refractivity contribution in [3.63, 3.8) is 0 Å². The molecule has 154 valence electrons. The van der Waals surface area contributed by atoms with Crippen molar-refractivity contribution in [1.29, 1.82) is 0 Å². The molecule has 1 saturated heterocycles. The molecule has 2 aromatic carbocycles.